The fourth-order valence-corrected chi connectivity index (χ4v) is 2.43. The minimum absolute atomic E-state index is 0.00570. The lowest BCUT2D eigenvalue weighted by molar-refractivity contribution is -0.154. The molecular weight excluding hydrogens is 296 g/mol. The number of carbonyl (C=O) groups excluding carboxylic acids is 1. The maximum absolute atomic E-state index is 11.9. The van der Waals surface area contributed by atoms with E-state index in [0.717, 1.165) is 4.47 Å². The molecule has 2 atom stereocenters. The molecule has 3 nitrogen and oxygen atoms in total. The first-order chi connectivity index (χ1) is 8.49. The molecule has 0 aromatic heterocycles. The molecule has 0 aliphatic carbocycles. The molecule has 0 saturated heterocycles. The lowest BCUT2D eigenvalue weighted by Gasteiger charge is -2.25. The third-order valence-electron chi connectivity index (χ3n) is 2.84. The van der Waals surface area contributed by atoms with Crippen LogP contribution in [0.15, 0.2) is 28.7 Å². The molecule has 4 heteroatoms. The first kappa shape index (κ1) is 15.2. The van der Waals surface area contributed by atoms with Crippen LogP contribution in [0, 0.1) is 11.8 Å². The highest BCUT2D eigenvalue weighted by Crippen LogP contribution is 2.33. The van der Waals surface area contributed by atoms with Gasteiger partial charge in [-0.25, -0.2) is 0 Å². The van der Waals surface area contributed by atoms with Gasteiger partial charge in [0.2, 0.25) is 0 Å². The van der Waals surface area contributed by atoms with E-state index < -0.39 is 12.0 Å². The molecule has 0 heterocycles. The molecule has 0 aliphatic heterocycles. The summed E-state index contributed by atoms with van der Waals surface area (Å²) in [4.78, 5) is 11.9. The van der Waals surface area contributed by atoms with E-state index in [-0.39, 0.29) is 11.9 Å². The Hall–Kier alpha value is -0.870. The van der Waals surface area contributed by atoms with Crippen molar-refractivity contribution >= 4 is 21.9 Å². The van der Waals surface area contributed by atoms with Crippen LogP contribution in [0.3, 0.4) is 0 Å². The van der Waals surface area contributed by atoms with Crippen molar-refractivity contribution in [2.75, 3.05) is 6.61 Å². The number of hydrogen-bond acceptors (Lipinski definition) is 3. The molecular formula is C14H19BrO3. The number of ether oxygens (including phenoxy) is 1. The topological polar surface area (TPSA) is 46.5 Å². The first-order valence-electron chi connectivity index (χ1n) is 6.08. The van der Waals surface area contributed by atoms with Crippen LogP contribution in [-0.2, 0) is 9.53 Å². The number of rotatable bonds is 5. The fraction of sp³-hybridized carbons (Fsp3) is 0.500. The molecule has 1 aromatic carbocycles. The molecule has 1 rings (SSSR count). The molecule has 0 amide bonds. The minimum atomic E-state index is -0.861. The van der Waals surface area contributed by atoms with Gasteiger partial charge in [-0.15, -0.1) is 0 Å². The Morgan fingerprint density at radius 3 is 2.50 bits per heavy atom. The maximum atomic E-state index is 11.9. The van der Waals surface area contributed by atoms with E-state index in [1.807, 2.05) is 38.1 Å². The number of hydrogen-bond donors (Lipinski definition) is 1. The summed E-state index contributed by atoms with van der Waals surface area (Å²) in [5.74, 6) is -0.898. The third-order valence-corrected chi connectivity index (χ3v) is 3.56. The van der Waals surface area contributed by atoms with Crippen LogP contribution in [0.5, 0.6) is 0 Å². The lowest BCUT2D eigenvalue weighted by Crippen LogP contribution is -2.29. The lowest BCUT2D eigenvalue weighted by atomic mass is 9.86. The van der Waals surface area contributed by atoms with Crippen LogP contribution in [-0.4, -0.2) is 17.7 Å². The van der Waals surface area contributed by atoms with Crippen molar-refractivity contribution in [2.24, 2.45) is 11.8 Å². The largest absolute Gasteiger partial charge is 0.466 e. The summed E-state index contributed by atoms with van der Waals surface area (Å²) >= 11 is 3.39. The van der Waals surface area contributed by atoms with Crippen LogP contribution in [0.4, 0.5) is 0 Å². The van der Waals surface area contributed by atoms with Crippen LogP contribution in [0.2, 0.25) is 0 Å². The van der Waals surface area contributed by atoms with Gasteiger partial charge in [0.25, 0.3) is 0 Å². The zero-order chi connectivity index (χ0) is 13.7. The number of benzene rings is 1. The second-order valence-electron chi connectivity index (χ2n) is 4.49. The van der Waals surface area contributed by atoms with Gasteiger partial charge in [0.1, 0.15) is 0 Å². The molecule has 18 heavy (non-hydrogen) atoms. The molecule has 0 fully saturated rings. The van der Waals surface area contributed by atoms with Crippen LogP contribution < -0.4 is 0 Å². The fourth-order valence-electron chi connectivity index (χ4n) is 1.91. The molecule has 2 unspecified atom stereocenters. The van der Waals surface area contributed by atoms with Gasteiger partial charge in [-0.1, -0.05) is 48.0 Å². The predicted octanol–water partition coefficient (Wildman–Crippen LogP) is 3.32. The molecule has 0 spiro atoms. The molecule has 0 saturated carbocycles. The summed E-state index contributed by atoms with van der Waals surface area (Å²) in [6.07, 6.45) is -0.861. The smallest absolute Gasteiger partial charge is 0.312 e. The highest BCUT2D eigenvalue weighted by Gasteiger charge is 2.32. The molecule has 100 valence electrons. The Labute approximate surface area is 116 Å². The second-order valence-corrected chi connectivity index (χ2v) is 5.34. The van der Waals surface area contributed by atoms with Gasteiger partial charge in [-0.3, -0.25) is 4.79 Å². The molecule has 0 bridgehead atoms. The highest BCUT2D eigenvalue weighted by atomic mass is 79.9. The minimum Gasteiger partial charge on any atom is -0.466 e. The Morgan fingerprint density at radius 2 is 2.00 bits per heavy atom. The van der Waals surface area contributed by atoms with E-state index in [2.05, 4.69) is 15.9 Å². The number of esters is 1. The van der Waals surface area contributed by atoms with E-state index in [1.54, 1.807) is 6.92 Å². The average molecular weight is 315 g/mol. The van der Waals surface area contributed by atoms with E-state index in [9.17, 15) is 9.90 Å². The molecule has 1 N–H and O–H groups in total. The number of halogens is 1. The van der Waals surface area contributed by atoms with Crippen LogP contribution in [0.1, 0.15) is 32.4 Å². The van der Waals surface area contributed by atoms with Crippen LogP contribution in [0.25, 0.3) is 0 Å². The Bertz CT molecular complexity index is 404. The average Bonchev–Trinajstić information content (AvgIpc) is 2.29. The quantitative estimate of drug-likeness (QED) is 0.848. The number of carbonyl (C=O) groups is 1. The molecule has 0 radical (unpaired) electrons. The van der Waals surface area contributed by atoms with E-state index >= 15 is 0 Å². The van der Waals surface area contributed by atoms with E-state index in [0.29, 0.717) is 12.2 Å². The third kappa shape index (κ3) is 3.56. The van der Waals surface area contributed by atoms with Gasteiger partial charge < -0.3 is 9.84 Å². The van der Waals surface area contributed by atoms with Crippen molar-refractivity contribution < 1.29 is 14.6 Å². The second kappa shape index (κ2) is 6.90. The van der Waals surface area contributed by atoms with E-state index in [4.69, 9.17) is 4.74 Å². The van der Waals surface area contributed by atoms with Gasteiger partial charge in [0.05, 0.1) is 18.6 Å². The zero-order valence-corrected chi connectivity index (χ0v) is 12.5. The highest BCUT2D eigenvalue weighted by molar-refractivity contribution is 9.10. The summed E-state index contributed by atoms with van der Waals surface area (Å²) in [6, 6.07) is 7.37. The Balaban J connectivity index is 3.00. The SMILES string of the molecule is CCOC(=O)C(C(C)C)C(O)c1ccccc1Br. The zero-order valence-electron chi connectivity index (χ0n) is 10.9. The van der Waals surface area contributed by atoms with Gasteiger partial charge in [-0.2, -0.15) is 0 Å². The van der Waals surface area contributed by atoms with Gasteiger partial charge in [-0.05, 0) is 24.5 Å². The predicted molar refractivity (Wildman–Crippen MR) is 74.1 cm³/mol. The number of aliphatic hydroxyl groups is 1. The van der Waals surface area contributed by atoms with Crippen molar-refractivity contribution in [2.45, 2.75) is 26.9 Å². The Kier molecular flexibility index (Phi) is 5.82. The standard InChI is InChI=1S/C14H19BrO3/c1-4-18-14(17)12(9(2)3)13(16)10-7-5-6-8-11(10)15/h5-9,12-13,16H,4H2,1-3H3. The Morgan fingerprint density at radius 1 is 1.39 bits per heavy atom. The van der Waals surface area contributed by atoms with Crippen molar-refractivity contribution in [3.05, 3.63) is 34.3 Å². The number of aliphatic hydroxyl groups excluding tert-OH is 1. The van der Waals surface area contributed by atoms with Gasteiger partial charge in [0, 0.05) is 4.47 Å². The summed E-state index contributed by atoms with van der Waals surface area (Å²) in [6.45, 7) is 5.90. The normalized spacial score (nSPS) is 14.3. The van der Waals surface area contributed by atoms with Crippen LogP contribution >= 0.6 is 15.9 Å². The molecule has 0 aliphatic rings. The summed E-state index contributed by atoms with van der Waals surface area (Å²) < 4.78 is 5.83. The summed E-state index contributed by atoms with van der Waals surface area (Å²) in [5.41, 5.74) is 0.712. The van der Waals surface area contributed by atoms with Crippen molar-refractivity contribution in [1.29, 1.82) is 0 Å². The van der Waals surface area contributed by atoms with Crippen molar-refractivity contribution in [3.8, 4) is 0 Å². The maximum Gasteiger partial charge on any atom is 0.312 e. The van der Waals surface area contributed by atoms with Crippen molar-refractivity contribution in [1.82, 2.24) is 0 Å². The first-order valence-corrected chi connectivity index (χ1v) is 6.87. The summed E-state index contributed by atoms with van der Waals surface area (Å²) in [5, 5.41) is 10.4. The van der Waals surface area contributed by atoms with Gasteiger partial charge >= 0.3 is 5.97 Å². The summed E-state index contributed by atoms with van der Waals surface area (Å²) in [7, 11) is 0. The molecule has 1 aromatic rings. The van der Waals surface area contributed by atoms with Gasteiger partial charge in [0.15, 0.2) is 0 Å². The monoisotopic (exact) mass is 314 g/mol. The van der Waals surface area contributed by atoms with E-state index in [1.165, 1.54) is 0 Å². The van der Waals surface area contributed by atoms with Crippen molar-refractivity contribution in [3.63, 3.8) is 0 Å².